The number of hydrogen-bond acceptors (Lipinski definition) is 1. The van der Waals surface area contributed by atoms with Gasteiger partial charge in [-0.15, -0.1) is 0 Å². The molecule has 3 nitrogen and oxygen atoms in total. The van der Waals surface area contributed by atoms with Gasteiger partial charge in [0.05, 0.1) is 5.92 Å². The van der Waals surface area contributed by atoms with E-state index in [4.69, 9.17) is 0 Å². The standard InChI is InChI=1S/C27H26N2O/c1-19-12-13-24-23(18-19)22-14-16-29(17-15-25(22)28-24)27(30)26(20-8-4-2-5-9-20)21-10-6-3-7-11-21/h2-13,18,26,28H,14-17H2,1H3. The van der Waals surface area contributed by atoms with E-state index in [2.05, 4.69) is 59.3 Å². The second-order valence-corrected chi connectivity index (χ2v) is 8.21. The normalized spacial score (nSPS) is 14.0. The maximum Gasteiger partial charge on any atom is 0.234 e. The Balaban J connectivity index is 1.45. The Hall–Kier alpha value is -3.33. The first-order valence-corrected chi connectivity index (χ1v) is 10.7. The number of rotatable bonds is 3. The summed E-state index contributed by atoms with van der Waals surface area (Å²) in [5.41, 5.74) is 7.24. The molecule has 3 aromatic carbocycles. The summed E-state index contributed by atoms with van der Waals surface area (Å²) >= 11 is 0. The van der Waals surface area contributed by atoms with Gasteiger partial charge in [0.15, 0.2) is 0 Å². The lowest BCUT2D eigenvalue weighted by molar-refractivity contribution is -0.131. The molecule has 0 saturated heterocycles. The molecule has 1 amide bonds. The van der Waals surface area contributed by atoms with Crippen LogP contribution in [0.15, 0.2) is 78.9 Å². The zero-order chi connectivity index (χ0) is 20.5. The molecule has 0 aliphatic carbocycles. The van der Waals surface area contributed by atoms with E-state index < -0.39 is 0 Å². The van der Waals surface area contributed by atoms with Crippen LogP contribution in [-0.2, 0) is 17.6 Å². The van der Waals surface area contributed by atoms with Crippen molar-refractivity contribution in [1.29, 1.82) is 0 Å². The molecule has 0 fully saturated rings. The SMILES string of the molecule is Cc1ccc2[nH]c3c(c2c1)CCN(C(=O)C(c1ccccc1)c1ccccc1)CC3. The van der Waals surface area contributed by atoms with Gasteiger partial charge in [0.25, 0.3) is 0 Å². The molecule has 0 atom stereocenters. The van der Waals surface area contributed by atoms with Crippen molar-refractivity contribution >= 4 is 16.8 Å². The predicted octanol–water partition coefficient (Wildman–Crippen LogP) is 5.24. The highest BCUT2D eigenvalue weighted by molar-refractivity contribution is 5.88. The maximum atomic E-state index is 13.8. The summed E-state index contributed by atoms with van der Waals surface area (Å²) in [5.74, 6) is -0.0686. The summed E-state index contributed by atoms with van der Waals surface area (Å²) in [7, 11) is 0. The molecule has 150 valence electrons. The van der Waals surface area contributed by atoms with E-state index in [1.165, 1.54) is 27.7 Å². The third-order valence-electron chi connectivity index (χ3n) is 6.24. The quantitative estimate of drug-likeness (QED) is 0.507. The number of benzene rings is 3. The van der Waals surface area contributed by atoms with E-state index >= 15 is 0 Å². The average Bonchev–Trinajstić information content (AvgIpc) is 2.98. The largest absolute Gasteiger partial charge is 0.358 e. The van der Waals surface area contributed by atoms with Crippen LogP contribution in [0.4, 0.5) is 0 Å². The molecule has 5 rings (SSSR count). The number of aromatic nitrogens is 1. The second kappa shape index (κ2) is 7.83. The molecule has 2 heterocycles. The molecular formula is C27H26N2O. The van der Waals surface area contributed by atoms with Crippen LogP contribution in [0.25, 0.3) is 10.9 Å². The van der Waals surface area contributed by atoms with Crippen molar-refractivity contribution in [1.82, 2.24) is 9.88 Å². The molecule has 1 aliphatic heterocycles. The van der Waals surface area contributed by atoms with Gasteiger partial charge in [-0.2, -0.15) is 0 Å². The number of aryl methyl sites for hydroxylation is 1. The highest BCUT2D eigenvalue weighted by Gasteiger charge is 2.29. The fourth-order valence-corrected chi connectivity index (χ4v) is 4.69. The number of H-pyrrole nitrogens is 1. The topological polar surface area (TPSA) is 36.1 Å². The summed E-state index contributed by atoms with van der Waals surface area (Å²) in [6.07, 6.45) is 1.76. The lowest BCUT2D eigenvalue weighted by Gasteiger charge is -2.27. The monoisotopic (exact) mass is 394 g/mol. The smallest absolute Gasteiger partial charge is 0.234 e. The van der Waals surface area contributed by atoms with Gasteiger partial charge >= 0.3 is 0 Å². The van der Waals surface area contributed by atoms with Crippen molar-refractivity contribution in [2.75, 3.05) is 13.1 Å². The third kappa shape index (κ3) is 3.41. The molecule has 0 radical (unpaired) electrons. The third-order valence-corrected chi connectivity index (χ3v) is 6.24. The summed E-state index contributed by atoms with van der Waals surface area (Å²) in [6, 6.07) is 26.9. The van der Waals surface area contributed by atoms with E-state index in [9.17, 15) is 4.79 Å². The van der Waals surface area contributed by atoms with Gasteiger partial charge in [0, 0.05) is 36.1 Å². The van der Waals surface area contributed by atoms with E-state index in [1.807, 2.05) is 36.4 Å². The van der Waals surface area contributed by atoms with Crippen LogP contribution in [0.1, 0.15) is 33.9 Å². The fourth-order valence-electron chi connectivity index (χ4n) is 4.69. The van der Waals surface area contributed by atoms with Gasteiger partial charge in [-0.1, -0.05) is 72.3 Å². The Labute approximate surface area is 177 Å². The number of carbonyl (C=O) groups excluding carboxylic acids is 1. The molecule has 0 spiro atoms. The molecule has 4 aromatic rings. The molecule has 0 unspecified atom stereocenters. The lowest BCUT2D eigenvalue weighted by Crippen LogP contribution is -2.37. The predicted molar refractivity (Wildman–Crippen MR) is 122 cm³/mol. The van der Waals surface area contributed by atoms with Gasteiger partial charge in [0.2, 0.25) is 5.91 Å². The van der Waals surface area contributed by atoms with E-state index in [1.54, 1.807) is 0 Å². The van der Waals surface area contributed by atoms with E-state index in [0.717, 1.165) is 37.1 Å². The summed E-state index contributed by atoms with van der Waals surface area (Å²) in [5, 5.41) is 1.31. The van der Waals surface area contributed by atoms with Gasteiger partial charge in [-0.05, 0) is 42.2 Å². The number of fused-ring (bicyclic) bond motifs is 3. The van der Waals surface area contributed by atoms with Gasteiger partial charge in [0.1, 0.15) is 0 Å². The van der Waals surface area contributed by atoms with Gasteiger partial charge in [-0.3, -0.25) is 4.79 Å². The minimum atomic E-state index is -0.261. The zero-order valence-electron chi connectivity index (χ0n) is 17.3. The summed E-state index contributed by atoms with van der Waals surface area (Å²) < 4.78 is 0. The van der Waals surface area contributed by atoms with Crippen LogP contribution in [0.3, 0.4) is 0 Å². The molecule has 0 saturated carbocycles. The molecule has 0 bridgehead atoms. The van der Waals surface area contributed by atoms with Crippen molar-refractivity contribution in [3.05, 3.63) is 107 Å². The van der Waals surface area contributed by atoms with Crippen LogP contribution in [0, 0.1) is 6.92 Å². The lowest BCUT2D eigenvalue weighted by atomic mass is 9.90. The Bertz CT molecular complexity index is 1140. The first-order valence-electron chi connectivity index (χ1n) is 10.7. The minimum absolute atomic E-state index is 0.193. The number of nitrogens with zero attached hydrogens (tertiary/aromatic N) is 1. The first-order chi connectivity index (χ1) is 14.7. The van der Waals surface area contributed by atoms with Gasteiger partial charge < -0.3 is 9.88 Å². The number of nitrogens with one attached hydrogen (secondary N) is 1. The van der Waals surface area contributed by atoms with Crippen molar-refractivity contribution < 1.29 is 4.79 Å². The van der Waals surface area contributed by atoms with Crippen molar-refractivity contribution in [2.24, 2.45) is 0 Å². The average molecular weight is 395 g/mol. The highest BCUT2D eigenvalue weighted by atomic mass is 16.2. The van der Waals surface area contributed by atoms with Crippen molar-refractivity contribution in [3.63, 3.8) is 0 Å². The molecule has 1 aromatic heterocycles. The molecule has 1 aliphatic rings. The number of hydrogen-bond donors (Lipinski definition) is 1. The Morgan fingerprint density at radius 2 is 1.50 bits per heavy atom. The molecule has 3 heteroatoms. The van der Waals surface area contributed by atoms with E-state index in [0.29, 0.717) is 0 Å². The van der Waals surface area contributed by atoms with Crippen molar-refractivity contribution in [3.8, 4) is 0 Å². The van der Waals surface area contributed by atoms with Crippen LogP contribution in [0.5, 0.6) is 0 Å². The Morgan fingerprint density at radius 1 is 0.867 bits per heavy atom. The molecular weight excluding hydrogens is 368 g/mol. The second-order valence-electron chi connectivity index (χ2n) is 8.21. The van der Waals surface area contributed by atoms with Crippen LogP contribution < -0.4 is 0 Å². The highest BCUT2D eigenvalue weighted by Crippen LogP contribution is 2.30. The van der Waals surface area contributed by atoms with Gasteiger partial charge in [-0.25, -0.2) is 0 Å². The summed E-state index contributed by atoms with van der Waals surface area (Å²) in [4.78, 5) is 19.4. The molecule has 1 N–H and O–H groups in total. The van der Waals surface area contributed by atoms with E-state index in [-0.39, 0.29) is 11.8 Å². The Morgan fingerprint density at radius 3 is 2.17 bits per heavy atom. The summed E-state index contributed by atoms with van der Waals surface area (Å²) in [6.45, 7) is 3.63. The minimum Gasteiger partial charge on any atom is -0.358 e. The first kappa shape index (κ1) is 18.7. The molecule has 30 heavy (non-hydrogen) atoms. The van der Waals surface area contributed by atoms with Crippen molar-refractivity contribution in [2.45, 2.75) is 25.7 Å². The Kier molecular flexibility index (Phi) is 4.88. The van der Waals surface area contributed by atoms with Crippen LogP contribution in [-0.4, -0.2) is 28.9 Å². The van der Waals surface area contributed by atoms with Crippen LogP contribution >= 0.6 is 0 Å². The number of amides is 1. The zero-order valence-corrected chi connectivity index (χ0v) is 17.3. The number of carbonyl (C=O) groups is 1. The maximum absolute atomic E-state index is 13.8. The fraction of sp³-hybridized carbons (Fsp3) is 0.222. The van der Waals surface area contributed by atoms with Crippen LogP contribution in [0.2, 0.25) is 0 Å². The number of aromatic amines is 1.